The Labute approximate surface area is 176 Å². The van der Waals surface area contributed by atoms with Crippen LogP contribution >= 0.6 is 0 Å². The Morgan fingerprint density at radius 1 is 1.07 bits per heavy atom. The fourth-order valence-electron chi connectivity index (χ4n) is 3.36. The molecule has 1 aliphatic heterocycles. The topological polar surface area (TPSA) is 87.7 Å². The number of urea groups is 1. The monoisotopic (exact) mass is 409 g/mol. The Hall–Kier alpha value is -3.35. The van der Waals surface area contributed by atoms with Gasteiger partial charge in [0.2, 0.25) is 5.91 Å². The van der Waals surface area contributed by atoms with Crippen molar-refractivity contribution >= 4 is 23.5 Å². The average Bonchev–Trinajstić information content (AvgIpc) is 2.91. The zero-order valence-electron chi connectivity index (χ0n) is 17.9. The fourth-order valence-corrected chi connectivity index (χ4v) is 3.36. The summed E-state index contributed by atoms with van der Waals surface area (Å²) >= 11 is 0. The van der Waals surface area contributed by atoms with Crippen LogP contribution in [0.1, 0.15) is 38.8 Å². The molecule has 30 heavy (non-hydrogen) atoms. The number of hydrogen-bond donors (Lipinski definition) is 2. The quantitative estimate of drug-likeness (QED) is 0.741. The van der Waals surface area contributed by atoms with E-state index in [1.54, 1.807) is 38.3 Å². The molecule has 2 aromatic carbocycles. The lowest BCUT2D eigenvalue weighted by Crippen LogP contribution is -2.42. The number of anilines is 1. The number of methoxy groups -OCH3 is 1. The van der Waals surface area contributed by atoms with Crippen LogP contribution in [0, 0.1) is 0 Å². The lowest BCUT2D eigenvalue weighted by molar-refractivity contribution is -0.133. The molecule has 1 atom stereocenters. The van der Waals surface area contributed by atoms with Crippen LogP contribution in [0.3, 0.4) is 0 Å². The van der Waals surface area contributed by atoms with Crippen LogP contribution in [0.4, 0.5) is 10.5 Å². The number of benzene rings is 2. The highest BCUT2D eigenvalue weighted by Crippen LogP contribution is 2.30. The highest BCUT2D eigenvalue weighted by molar-refractivity contribution is 6.10. The molecule has 1 fully saturated rings. The van der Waals surface area contributed by atoms with Crippen LogP contribution < -0.4 is 15.4 Å². The molecule has 1 heterocycles. The van der Waals surface area contributed by atoms with Crippen molar-refractivity contribution in [3.8, 4) is 5.75 Å². The highest BCUT2D eigenvalue weighted by atomic mass is 16.5. The second kappa shape index (κ2) is 7.82. The lowest BCUT2D eigenvalue weighted by Gasteiger charge is -2.22. The summed E-state index contributed by atoms with van der Waals surface area (Å²) in [7, 11) is 1.55. The molecule has 4 amide bonds. The maximum atomic E-state index is 13.0. The van der Waals surface area contributed by atoms with Gasteiger partial charge >= 0.3 is 6.03 Å². The van der Waals surface area contributed by atoms with Crippen molar-refractivity contribution in [1.82, 2.24) is 10.2 Å². The summed E-state index contributed by atoms with van der Waals surface area (Å²) in [6.07, 6.45) is 0. The second-order valence-corrected chi connectivity index (χ2v) is 8.55. The molecule has 1 aliphatic rings. The Kier molecular flexibility index (Phi) is 5.57. The molecule has 0 aliphatic carbocycles. The Morgan fingerprint density at radius 3 is 2.20 bits per heavy atom. The molecule has 1 saturated heterocycles. The first kappa shape index (κ1) is 21.4. The molecule has 0 radical (unpaired) electrons. The maximum absolute atomic E-state index is 13.0. The third-order valence-corrected chi connectivity index (χ3v) is 5.28. The van der Waals surface area contributed by atoms with E-state index in [1.807, 2.05) is 24.3 Å². The number of hydrogen-bond acceptors (Lipinski definition) is 4. The minimum absolute atomic E-state index is 0.00844. The van der Waals surface area contributed by atoms with Crippen LogP contribution in [0.5, 0.6) is 5.75 Å². The van der Waals surface area contributed by atoms with Crippen molar-refractivity contribution in [3.05, 3.63) is 59.7 Å². The third-order valence-electron chi connectivity index (χ3n) is 5.28. The van der Waals surface area contributed by atoms with Gasteiger partial charge in [-0.3, -0.25) is 14.5 Å². The zero-order valence-corrected chi connectivity index (χ0v) is 17.9. The van der Waals surface area contributed by atoms with Gasteiger partial charge in [0.25, 0.3) is 5.91 Å². The third kappa shape index (κ3) is 4.15. The summed E-state index contributed by atoms with van der Waals surface area (Å²) in [6.45, 7) is 7.59. The standard InChI is InChI=1S/C23H27N3O4/c1-22(2,3)15-6-10-17(11-7-15)24-19(27)14-26-20(28)23(4,25-21(26)29)16-8-12-18(30-5)13-9-16/h6-13H,14H2,1-5H3,(H,24,27)(H,25,29). The number of carbonyl (C=O) groups is 3. The van der Waals surface area contributed by atoms with Crippen LogP contribution in [-0.4, -0.2) is 36.4 Å². The maximum Gasteiger partial charge on any atom is 0.325 e. The highest BCUT2D eigenvalue weighted by Gasteiger charge is 2.49. The number of carbonyl (C=O) groups excluding carboxylic acids is 3. The fraction of sp³-hybridized carbons (Fsp3) is 0.348. The summed E-state index contributed by atoms with van der Waals surface area (Å²) in [6, 6.07) is 13.8. The molecule has 3 rings (SSSR count). The van der Waals surface area contributed by atoms with E-state index >= 15 is 0 Å². The largest absolute Gasteiger partial charge is 0.497 e. The number of ether oxygens (including phenoxy) is 1. The van der Waals surface area contributed by atoms with Gasteiger partial charge in [0.05, 0.1) is 7.11 Å². The molecule has 1 unspecified atom stereocenters. The van der Waals surface area contributed by atoms with Crippen molar-refractivity contribution in [3.63, 3.8) is 0 Å². The molecule has 158 valence electrons. The van der Waals surface area contributed by atoms with E-state index in [2.05, 4.69) is 31.4 Å². The van der Waals surface area contributed by atoms with E-state index in [0.29, 0.717) is 17.0 Å². The summed E-state index contributed by atoms with van der Waals surface area (Å²) in [4.78, 5) is 38.8. The molecule has 2 aromatic rings. The van der Waals surface area contributed by atoms with Gasteiger partial charge in [-0.25, -0.2) is 4.79 Å². The van der Waals surface area contributed by atoms with Crippen molar-refractivity contribution in [2.45, 2.75) is 38.6 Å². The predicted octanol–water partition coefficient (Wildman–Crippen LogP) is 3.40. The summed E-state index contributed by atoms with van der Waals surface area (Å²) < 4.78 is 5.13. The molecule has 0 bridgehead atoms. The van der Waals surface area contributed by atoms with Crippen molar-refractivity contribution < 1.29 is 19.1 Å². The van der Waals surface area contributed by atoms with Crippen LogP contribution in [-0.2, 0) is 20.5 Å². The molecular formula is C23H27N3O4. The van der Waals surface area contributed by atoms with Gasteiger partial charge in [-0.2, -0.15) is 0 Å². The zero-order chi connectivity index (χ0) is 22.1. The van der Waals surface area contributed by atoms with E-state index in [-0.39, 0.29) is 12.0 Å². The lowest BCUT2D eigenvalue weighted by atomic mass is 9.87. The Balaban J connectivity index is 1.69. The minimum Gasteiger partial charge on any atom is -0.497 e. The second-order valence-electron chi connectivity index (χ2n) is 8.55. The number of nitrogens with one attached hydrogen (secondary N) is 2. The molecule has 0 saturated carbocycles. The Bertz CT molecular complexity index is 961. The molecule has 7 heteroatoms. The van der Waals surface area contributed by atoms with Crippen molar-refractivity contribution in [1.29, 1.82) is 0 Å². The van der Waals surface area contributed by atoms with Crippen LogP contribution in [0.2, 0.25) is 0 Å². The van der Waals surface area contributed by atoms with Gasteiger partial charge in [-0.15, -0.1) is 0 Å². The van der Waals surface area contributed by atoms with E-state index in [4.69, 9.17) is 4.74 Å². The van der Waals surface area contributed by atoms with Crippen LogP contribution in [0.25, 0.3) is 0 Å². The average molecular weight is 409 g/mol. The Morgan fingerprint density at radius 2 is 1.67 bits per heavy atom. The predicted molar refractivity (Wildman–Crippen MR) is 114 cm³/mol. The minimum atomic E-state index is -1.24. The molecule has 7 nitrogen and oxygen atoms in total. The summed E-state index contributed by atoms with van der Waals surface area (Å²) in [5.74, 6) is -0.273. The SMILES string of the molecule is COc1ccc(C2(C)NC(=O)N(CC(=O)Nc3ccc(C(C)(C)C)cc3)C2=O)cc1. The van der Waals surface area contributed by atoms with E-state index in [1.165, 1.54) is 0 Å². The summed E-state index contributed by atoms with van der Waals surface area (Å²) in [5, 5.41) is 5.44. The van der Waals surface area contributed by atoms with Gasteiger partial charge in [0.15, 0.2) is 0 Å². The van der Waals surface area contributed by atoms with Gasteiger partial charge in [0.1, 0.15) is 17.8 Å². The van der Waals surface area contributed by atoms with Crippen molar-refractivity contribution in [2.75, 3.05) is 19.0 Å². The number of rotatable bonds is 5. The van der Waals surface area contributed by atoms with Gasteiger partial charge in [-0.1, -0.05) is 45.0 Å². The van der Waals surface area contributed by atoms with E-state index in [0.717, 1.165) is 10.5 Å². The van der Waals surface area contributed by atoms with Crippen molar-refractivity contribution in [2.24, 2.45) is 0 Å². The molecular weight excluding hydrogens is 382 g/mol. The van der Waals surface area contributed by atoms with Crippen LogP contribution in [0.15, 0.2) is 48.5 Å². The van der Waals surface area contributed by atoms with Gasteiger partial charge < -0.3 is 15.4 Å². The first-order chi connectivity index (χ1) is 14.0. The number of amides is 4. The molecule has 0 aromatic heterocycles. The van der Waals surface area contributed by atoms with Gasteiger partial charge in [-0.05, 0) is 47.7 Å². The van der Waals surface area contributed by atoms with E-state index in [9.17, 15) is 14.4 Å². The molecule has 0 spiro atoms. The first-order valence-corrected chi connectivity index (χ1v) is 9.73. The van der Waals surface area contributed by atoms with Gasteiger partial charge in [0, 0.05) is 5.69 Å². The van der Waals surface area contributed by atoms with E-state index < -0.39 is 23.4 Å². The first-order valence-electron chi connectivity index (χ1n) is 9.73. The number of imide groups is 1. The number of nitrogens with zero attached hydrogens (tertiary/aromatic N) is 1. The molecule has 2 N–H and O–H groups in total. The normalized spacial score (nSPS) is 18.9. The summed E-state index contributed by atoms with van der Waals surface area (Å²) in [5.41, 5.74) is 1.14. The smallest absolute Gasteiger partial charge is 0.325 e.